The highest BCUT2D eigenvalue weighted by atomic mass is 32.2. The van der Waals surface area contributed by atoms with E-state index < -0.39 is 0 Å². The van der Waals surface area contributed by atoms with Gasteiger partial charge in [0.15, 0.2) is 5.17 Å². The minimum atomic E-state index is -0.298. The molecule has 3 rings (SSSR count). The number of hydrogen-bond donors (Lipinski definition) is 1. The van der Waals surface area contributed by atoms with Crippen LogP contribution in [0.3, 0.4) is 0 Å². The zero-order valence-corrected chi connectivity index (χ0v) is 15.9. The van der Waals surface area contributed by atoms with Gasteiger partial charge in [-0.15, -0.1) is 5.10 Å². The van der Waals surface area contributed by atoms with Crippen molar-refractivity contribution in [2.75, 3.05) is 6.61 Å². The summed E-state index contributed by atoms with van der Waals surface area (Å²) in [7, 11) is 0. The first kappa shape index (κ1) is 19.1. The molecule has 0 aliphatic carbocycles. The number of halogens is 1. The van der Waals surface area contributed by atoms with Crippen molar-refractivity contribution in [3.05, 3.63) is 65.5 Å². The van der Waals surface area contributed by atoms with E-state index in [1.807, 2.05) is 31.2 Å². The summed E-state index contributed by atoms with van der Waals surface area (Å²) in [6.45, 7) is 4.35. The first-order chi connectivity index (χ1) is 13.0. The van der Waals surface area contributed by atoms with E-state index in [0.29, 0.717) is 23.9 Å². The molecule has 1 aliphatic heterocycles. The second-order valence-electron chi connectivity index (χ2n) is 5.97. The molecular formula is C20H20FN3O2S. The number of carbonyl (C=O) groups is 1. The van der Waals surface area contributed by atoms with Gasteiger partial charge in [0.1, 0.15) is 11.6 Å². The summed E-state index contributed by atoms with van der Waals surface area (Å²) in [5.41, 5.74) is 2.48. The Hall–Kier alpha value is -2.67. The summed E-state index contributed by atoms with van der Waals surface area (Å²) in [5, 5.41) is 11.2. The minimum absolute atomic E-state index is 0.0812. The van der Waals surface area contributed by atoms with Crippen LogP contribution in [0.1, 0.15) is 25.0 Å². The number of ether oxygens (including phenoxy) is 1. The van der Waals surface area contributed by atoms with Crippen LogP contribution in [-0.4, -0.2) is 28.6 Å². The molecule has 1 unspecified atom stereocenters. The normalized spacial score (nSPS) is 18.6. The predicted molar refractivity (Wildman–Crippen MR) is 107 cm³/mol. The Kier molecular flexibility index (Phi) is 6.24. The van der Waals surface area contributed by atoms with Crippen LogP contribution in [-0.2, 0) is 11.2 Å². The van der Waals surface area contributed by atoms with Crippen molar-refractivity contribution in [3.8, 4) is 5.75 Å². The van der Waals surface area contributed by atoms with Gasteiger partial charge in [-0.3, -0.25) is 4.79 Å². The molecular weight excluding hydrogens is 365 g/mol. The number of nitrogens with one attached hydrogen (secondary N) is 1. The van der Waals surface area contributed by atoms with Gasteiger partial charge >= 0.3 is 0 Å². The van der Waals surface area contributed by atoms with Gasteiger partial charge in [0.25, 0.3) is 0 Å². The van der Waals surface area contributed by atoms with Gasteiger partial charge in [0.05, 0.1) is 17.6 Å². The smallest absolute Gasteiger partial charge is 0.239 e. The van der Waals surface area contributed by atoms with E-state index >= 15 is 0 Å². The third kappa shape index (κ3) is 5.17. The van der Waals surface area contributed by atoms with E-state index in [4.69, 9.17) is 4.74 Å². The molecule has 1 aliphatic rings. The van der Waals surface area contributed by atoms with Crippen LogP contribution in [0.2, 0.25) is 0 Å². The van der Waals surface area contributed by atoms with Crippen molar-refractivity contribution < 1.29 is 13.9 Å². The fraction of sp³-hybridized carbons (Fsp3) is 0.250. The van der Waals surface area contributed by atoms with E-state index in [1.165, 1.54) is 23.9 Å². The van der Waals surface area contributed by atoms with E-state index in [0.717, 1.165) is 16.9 Å². The molecule has 1 saturated heterocycles. The van der Waals surface area contributed by atoms with Gasteiger partial charge in [-0.2, -0.15) is 5.10 Å². The Morgan fingerprint density at radius 2 is 1.89 bits per heavy atom. The summed E-state index contributed by atoms with van der Waals surface area (Å²) < 4.78 is 18.4. The van der Waals surface area contributed by atoms with Crippen molar-refractivity contribution in [1.29, 1.82) is 0 Å². The Morgan fingerprint density at radius 3 is 2.56 bits per heavy atom. The Labute approximate surface area is 161 Å². The van der Waals surface area contributed by atoms with Crippen LogP contribution in [0.25, 0.3) is 0 Å². The molecule has 1 heterocycles. The number of rotatable bonds is 6. The topological polar surface area (TPSA) is 63.1 Å². The highest BCUT2D eigenvalue weighted by molar-refractivity contribution is 8.15. The van der Waals surface area contributed by atoms with Gasteiger partial charge in [-0.25, -0.2) is 4.39 Å². The van der Waals surface area contributed by atoms with E-state index in [2.05, 4.69) is 15.5 Å². The van der Waals surface area contributed by atoms with Crippen LogP contribution < -0.4 is 10.1 Å². The first-order valence-corrected chi connectivity index (χ1v) is 9.50. The summed E-state index contributed by atoms with van der Waals surface area (Å²) in [5.74, 6) is 0.438. The Balaban J connectivity index is 1.63. The number of amidine groups is 1. The van der Waals surface area contributed by atoms with Gasteiger partial charge in [-0.05, 0) is 55.7 Å². The molecule has 0 bridgehead atoms. The van der Waals surface area contributed by atoms with Crippen LogP contribution in [0.15, 0.2) is 58.7 Å². The third-order valence-corrected chi connectivity index (χ3v) is 5.06. The molecule has 0 spiro atoms. The van der Waals surface area contributed by atoms with Gasteiger partial charge in [0, 0.05) is 0 Å². The molecule has 1 N–H and O–H groups in total. The zero-order chi connectivity index (χ0) is 19.2. The van der Waals surface area contributed by atoms with Crippen LogP contribution in [0, 0.1) is 5.82 Å². The molecule has 27 heavy (non-hydrogen) atoms. The largest absolute Gasteiger partial charge is 0.494 e. The van der Waals surface area contributed by atoms with Crippen LogP contribution in [0.5, 0.6) is 5.75 Å². The van der Waals surface area contributed by atoms with Crippen molar-refractivity contribution >= 4 is 28.5 Å². The second kappa shape index (κ2) is 8.81. The standard InChI is InChI=1S/C20H20FN3O2S/c1-3-26-17-10-4-14(5-11-17)12-18-19(25)22-20(27-18)24-23-13(2)15-6-8-16(21)9-7-15/h4-11,18H,3,12H2,1-2H3,(H,22,24,25)/b23-13+. The Bertz CT molecular complexity index is 864. The maximum absolute atomic E-state index is 13.0. The molecule has 0 aromatic heterocycles. The SMILES string of the molecule is CCOc1ccc(CC2S/C(=N/N=C(\C)c3ccc(F)cc3)NC2=O)cc1. The third-order valence-electron chi connectivity index (χ3n) is 3.98. The maximum atomic E-state index is 13.0. The molecule has 140 valence electrons. The lowest BCUT2D eigenvalue weighted by atomic mass is 10.1. The zero-order valence-electron chi connectivity index (χ0n) is 15.1. The van der Waals surface area contributed by atoms with Gasteiger partial charge < -0.3 is 10.1 Å². The van der Waals surface area contributed by atoms with Crippen molar-refractivity contribution in [2.45, 2.75) is 25.5 Å². The highest BCUT2D eigenvalue weighted by Gasteiger charge is 2.30. The summed E-state index contributed by atoms with van der Waals surface area (Å²) in [6.07, 6.45) is 0.600. The van der Waals surface area contributed by atoms with Crippen LogP contribution >= 0.6 is 11.8 Å². The number of nitrogens with zero attached hydrogens (tertiary/aromatic N) is 2. The number of hydrogen-bond acceptors (Lipinski definition) is 5. The molecule has 1 amide bonds. The summed E-state index contributed by atoms with van der Waals surface area (Å²) >= 11 is 1.36. The number of carbonyl (C=O) groups excluding carboxylic acids is 1. The fourth-order valence-electron chi connectivity index (χ4n) is 2.56. The van der Waals surface area contributed by atoms with E-state index in [-0.39, 0.29) is 17.0 Å². The minimum Gasteiger partial charge on any atom is -0.494 e. The monoisotopic (exact) mass is 385 g/mol. The molecule has 0 saturated carbocycles. The average Bonchev–Trinajstić information content (AvgIpc) is 3.01. The number of benzene rings is 2. The van der Waals surface area contributed by atoms with Crippen molar-refractivity contribution in [2.24, 2.45) is 10.2 Å². The lowest BCUT2D eigenvalue weighted by Gasteiger charge is -2.07. The maximum Gasteiger partial charge on any atom is 0.239 e. The number of thioether (sulfide) groups is 1. The van der Waals surface area contributed by atoms with E-state index in [1.54, 1.807) is 19.1 Å². The molecule has 0 radical (unpaired) electrons. The quantitative estimate of drug-likeness (QED) is 0.608. The summed E-state index contributed by atoms with van der Waals surface area (Å²) in [6, 6.07) is 13.8. The van der Waals surface area contributed by atoms with Crippen molar-refractivity contribution in [1.82, 2.24) is 5.32 Å². The van der Waals surface area contributed by atoms with Gasteiger partial charge in [0.2, 0.25) is 5.91 Å². The predicted octanol–water partition coefficient (Wildman–Crippen LogP) is 3.78. The molecule has 2 aromatic rings. The average molecular weight is 385 g/mol. The Morgan fingerprint density at radius 1 is 1.19 bits per heavy atom. The van der Waals surface area contributed by atoms with Gasteiger partial charge in [-0.1, -0.05) is 36.0 Å². The first-order valence-electron chi connectivity index (χ1n) is 8.62. The molecule has 7 heteroatoms. The number of amides is 1. The lowest BCUT2D eigenvalue weighted by molar-refractivity contribution is -0.118. The molecule has 2 aromatic carbocycles. The lowest BCUT2D eigenvalue weighted by Crippen LogP contribution is -2.25. The van der Waals surface area contributed by atoms with Crippen LogP contribution in [0.4, 0.5) is 4.39 Å². The highest BCUT2D eigenvalue weighted by Crippen LogP contribution is 2.24. The fourth-order valence-corrected chi connectivity index (χ4v) is 3.52. The second-order valence-corrected chi connectivity index (χ2v) is 7.17. The molecule has 1 fully saturated rings. The van der Waals surface area contributed by atoms with Crippen molar-refractivity contribution in [3.63, 3.8) is 0 Å². The summed E-state index contributed by atoms with van der Waals surface area (Å²) in [4.78, 5) is 12.2. The molecule has 5 nitrogen and oxygen atoms in total. The molecule has 1 atom stereocenters. The van der Waals surface area contributed by atoms with E-state index in [9.17, 15) is 9.18 Å².